The molecule has 0 saturated carbocycles. The summed E-state index contributed by atoms with van der Waals surface area (Å²) in [5.41, 5.74) is 0.840. The molecule has 1 atom stereocenters. The van der Waals surface area contributed by atoms with E-state index in [0.29, 0.717) is 12.2 Å². The Kier molecular flexibility index (Phi) is 10.6. The number of benzene rings is 1. The fourth-order valence-electron chi connectivity index (χ4n) is 1.39. The Labute approximate surface area is 144 Å². The quantitative estimate of drug-likeness (QED) is 0.578. The minimum absolute atomic E-state index is 0. The molecule has 1 aromatic rings. The van der Waals surface area contributed by atoms with Crippen LogP contribution < -0.4 is 40.0 Å². The van der Waals surface area contributed by atoms with Crippen LogP contribution in [0.4, 0.5) is 4.79 Å². The Balaban J connectivity index is 0.00000361. The van der Waals surface area contributed by atoms with Crippen molar-refractivity contribution in [1.82, 2.24) is 5.32 Å². The molecule has 0 saturated heterocycles. The van der Waals surface area contributed by atoms with Crippen molar-refractivity contribution in [3.8, 4) is 0 Å². The molecule has 104 valence electrons. The van der Waals surface area contributed by atoms with E-state index in [4.69, 9.17) is 4.74 Å². The molecule has 1 rings (SSSR count). The van der Waals surface area contributed by atoms with Crippen LogP contribution in [0.3, 0.4) is 0 Å². The minimum Gasteiger partial charge on any atom is -0.548 e. The van der Waals surface area contributed by atoms with Gasteiger partial charge in [0.25, 0.3) is 0 Å². The van der Waals surface area contributed by atoms with Gasteiger partial charge in [-0.2, -0.15) is 11.8 Å². The third-order valence-electron chi connectivity index (χ3n) is 2.40. The zero-order valence-electron chi connectivity index (χ0n) is 11.6. The molecule has 0 aliphatic heterocycles. The number of aliphatic carboxylic acids is 1. The van der Waals surface area contributed by atoms with Crippen molar-refractivity contribution >= 4 is 23.8 Å². The zero-order valence-corrected chi connectivity index (χ0v) is 14.4. The summed E-state index contributed by atoms with van der Waals surface area (Å²) in [7, 11) is 0. The summed E-state index contributed by atoms with van der Waals surface area (Å²) >= 11 is 1.50. The molecule has 0 unspecified atom stereocenters. The molecule has 0 radical (unpaired) electrons. The number of carboxylic acid groups (broad SMARTS) is 1. The number of hydrogen-bond donors (Lipinski definition) is 1. The molecule has 1 aromatic carbocycles. The Morgan fingerprint density at radius 2 is 2.00 bits per heavy atom. The minimum atomic E-state index is -1.30. The fourth-order valence-corrected chi connectivity index (χ4v) is 1.86. The third kappa shape index (κ3) is 7.79. The molecular formula is C13H16NNaO4S. The second kappa shape index (κ2) is 11.0. The molecule has 1 N–H and O–H groups in total. The molecular weight excluding hydrogens is 289 g/mol. The van der Waals surface area contributed by atoms with Gasteiger partial charge in [0.05, 0.1) is 12.0 Å². The number of thioether (sulfide) groups is 1. The van der Waals surface area contributed by atoms with Gasteiger partial charge in [-0.3, -0.25) is 0 Å². The molecule has 7 heteroatoms. The second-order valence-electron chi connectivity index (χ2n) is 3.86. The van der Waals surface area contributed by atoms with E-state index in [1.165, 1.54) is 11.8 Å². The Hall–Kier alpha value is -0.690. The van der Waals surface area contributed by atoms with E-state index >= 15 is 0 Å². The number of amides is 1. The first-order valence-electron chi connectivity index (χ1n) is 5.80. The normalized spacial score (nSPS) is 11.1. The molecule has 0 bridgehead atoms. The van der Waals surface area contributed by atoms with E-state index in [-0.39, 0.29) is 36.2 Å². The van der Waals surface area contributed by atoms with Crippen molar-refractivity contribution in [3.05, 3.63) is 35.9 Å². The van der Waals surface area contributed by atoms with Gasteiger partial charge in [-0.05, 0) is 24.0 Å². The Morgan fingerprint density at radius 3 is 2.55 bits per heavy atom. The van der Waals surface area contributed by atoms with Crippen molar-refractivity contribution < 1.29 is 49.0 Å². The smallest absolute Gasteiger partial charge is 0.548 e. The number of carboxylic acids is 1. The maximum absolute atomic E-state index is 11.5. The molecule has 20 heavy (non-hydrogen) atoms. The van der Waals surface area contributed by atoms with Gasteiger partial charge in [-0.1, -0.05) is 30.3 Å². The molecule has 0 aliphatic carbocycles. The van der Waals surface area contributed by atoms with Crippen molar-refractivity contribution in [3.63, 3.8) is 0 Å². The van der Waals surface area contributed by atoms with Crippen molar-refractivity contribution in [2.45, 2.75) is 19.1 Å². The predicted octanol–water partition coefficient (Wildman–Crippen LogP) is -2.21. The van der Waals surface area contributed by atoms with Crippen molar-refractivity contribution in [2.24, 2.45) is 0 Å². The number of alkyl carbamates (subject to hydrolysis) is 1. The van der Waals surface area contributed by atoms with E-state index < -0.39 is 18.1 Å². The van der Waals surface area contributed by atoms with E-state index in [2.05, 4.69) is 5.32 Å². The van der Waals surface area contributed by atoms with Gasteiger partial charge < -0.3 is 20.0 Å². The number of ether oxygens (including phenoxy) is 1. The standard InChI is InChI=1S/C13H17NO4S.Na/c1-19-8-7-11(12(15)16)14-13(17)18-9-10-5-3-2-4-6-10;/h2-6,11H,7-9H2,1H3,(H,14,17)(H,15,16);/q;+1/p-1/t11-;/m0./s1. The van der Waals surface area contributed by atoms with Gasteiger partial charge >= 0.3 is 35.7 Å². The summed E-state index contributed by atoms with van der Waals surface area (Å²) < 4.78 is 4.94. The van der Waals surface area contributed by atoms with Gasteiger partial charge in [0, 0.05) is 0 Å². The summed E-state index contributed by atoms with van der Waals surface area (Å²) in [5.74, 6) is -0.678. The molecule has 0 aliphatic rings. The SMILES string of the molecule is CSCC[C@H](NC(=O)OCc1ccccc1)C(=O)[O-].[Na+]. The van der Waals surface area contributed by atoms with Crippen LogP contribution in [0.1, 0.15) is 12.0 Å². The average molecular weight is 305 g/mol. The van der Waals surface area contributed by atoms with E-state index in [1.807, 2.05) is 36.6 Å². The van der Waals surface area contributed by atoms with Crippen LogP contribution in [0.5, 0.6) is 0 Å². The van der Waals surface area contributed by atoms with Crippen LogP contribution in [0, 0.1) is 0 Å². The first kappa shape index (κ1) is 19.3. The molecule has 0 fully saturated rings. The number of nitrogens with one attached hydrogen (secondary N) is 1. The largest absolute Gasteiger partial charge is 1.00 e. The van der Waals surface area contributed by atoms with Crippen LogP contribution in [0.25, 0.3) is 0 Å². The molecule has 5 nitrogen and oxygen atoms in total. The molecule has 0 spiro atoms. The summed E-state index contributed by atoms with van der Waals surface area (Å²) in [5, 5.41) is 13.1. The topological polar surface area (TPSA) is 78.5 Å². The van der Waals surface area contributed by atoms with Crippen LogP contribution in [-0.2, 0) is 16.1 Å². The number of carbonyl (C=O) groups excluding carboxylic acids is 2. The number of hydrogen-bond acceptors (Lipinski definition) is 5. The molecule has 1 amide bonds. The van der Waals surface area contributed by atoms with Gasteiger partial charge in [0.1, 0.15) is 6.61 Å². The van der Waals surface area contributed by atoms with Crippen LogP contribution in [0.2, 0.25) is 0 Å². The van der Waals surface area contributed by atoms with Gasteiger partial charge in [0.15, 0.2) is 0 Å². The van der Waals surface area contributed by atoms with Gasteiger partial charge in [0.2, 0.25) is 0 Å². The van der Waals surface area contributed by atoms with E-state index in [1.54, 1.807) is 0 Å². The maximum Gasteiger partial charge on any atom is 1.00 e. The first-order chi connectivity index (χ1) is 9.13. The average Bonchev–Trinajstić information content (AvgIpc) is 2.42. The van der Waals surface area contributed by atoms with Gasteiger partial charge in [-0.25, -0.2) is 4.79 Å². The second-order valence-corrected chi connectivity index (χ2v) is 4.84. The summed E-state index contributed by atoms with van der Waals surface area (Å²) in [6, 6.07) is 8.14. The number of carbonyl (C=O) groups is 2. The fraction of sp³-hybridized carbons (Fsp3) is 0.385. The maximum atomic E-state index is 11.5. The Bertz CT molecular complexity index is 416. The van der Waals surface area contributed by atoms with Gasteiger partial charge in [-0.15, -0.1) is 0 Å². The molecule has 0 heterocycles. The van der Waals surface area contributed by atoms with Crippen LogP contribution in [-0.4, -0.2) is 30.1 Å². The Morgan fingerprint density at radius 1 is 1.35 bits per heavy atom. The summed E-state index contributed by atoms with van der Waals surface area (Å²) in [4.78, 5) is 22.3. The van der Waals surface area contributed by atoms with Crippen LogP contribution in [0.15, 0.2) is 30.3 Å². The van der Waals surface area contributed by atoms with Crippen molar-refractivity contribution in [1.29, 1.82) is 0 Å². The molecule has 0 aromatic heterocycles. The van der Waals surface area contributed by atoms with E-state index in [9.17, 15) is 14.7 Å². The number of rotatable bonds is 7. The monoisotopic (exact) mass is 305 g/mol. The predicted molar refractivity (Wildman–Crippen MR) is 71.6 cm³/mol. The zero-order chi connectivity index (χ0) is 14.1. The summed E-state index contributed by atoms with van der Waals surface area (Å²) in [6.45, 7) is 0.106. The first-order valence-corrected chi connectivity index (χ1v) is 7.20. The van der Waals surface area contributed by atoms with E-state index in [0.717, 1.165) is 5.56 Å². The van der Waals surface area contributed by atoms with Crippen LogP contribution >= 0.6 is 11.8 Å². The third-order valence-corrected chi connectivity index (χ3v) is 3.04. The van der Waals surface area contributed by atoms with Crippen molar-refractivity contribution in [2.75, 3.05) is 12.0 Å². The summed E-state index contributed by atoms with van der Waals surface area (Å²) in [6.07, 6.45) is 1.42.